The van der Waals surface area contributed by atoms with Gasteiger partial charge in [0, 0.05) is 29.1 Å². The summed E-state index contributed by atoms with van der Waals surface area (Å²) in [7, 11) is 0. The zero-order valence-electron chi connectivity index (χ0n) is 9.44. The van der Waals surface area contributed by atoms with Crippen molar-refractivity contribution in [1.82, 2.24) is 9.97 Å². The van der Waals surface area contributed by atoms with Crippen molar-refractivity contribution in [3.63, 3.8) is 0 Å². The number of fused-ring (bicyclic) bond motifs is 1. The predicted octanol–water partition coefficient (Wildman–Crippen LogP) is 3.24. The number of anilines is 1. The Morgan fingerprint density at radius 2 is 2.00 bits per heavy atom. The van der Waals surface area contributed by atoms with E-state index in [1.807, 2.05) is 24.4 Å². The quantitative estimate of drug-likeness (QED) is 0.864. The van der Waals surface area contributed by atoms with E-state index in [0.29, 0.717) is 0 Å². The summed E-state index contributed by atoms with van der Waals surface area (Å²) in [5, 5.41) is 1.05. The van der Waals surface area contributed by atoms with E-state index in [1.54, 1.807) is 0 Å². The molecule has 0 atom stereocenters. The molecule has 0 unspecified atom stereocenters. The van der Waals surface area contributed by atoms with Gasteiger partial charge < -0.3 is 4.90 Å². The van der Waals surface area contributed by atoms with Gasteiger partial charge in [-0.2, -0.15) is 0 Å². The van der Waals surface area contributed by atoms with Crippen LogP contribution in [0, 0.1) is 0 Å². The van der Waals surface area contributed by atoms with Crippen molar-refractivity contribution in [2.45, 2.75) is 13.8 Å². The summed E-state index contributed by atoms with van der Waals surface area (Å²) in [5.74, 6) is 0.801. The fourth-order valence-electron chi connectivity index (χ4n) is 1.67. The minimum Gasteiger partial charge on any atom is -0.341 e. The molecule has 0 aliphatic rings. The number of hydrogen-bond donors (Lipinski definition) is 0. The van der Waals surface area contributed by atoms with Crippen LogP contribution in [0.4, 0.5) is 5.95 Å². The lowest BCUT2D eigenvalue weighted by atomic mass is 10.2. The van der Waals surface area contributed by atoms with Crippen molar-refractivity contribution in [3.8, 4) is 0 Å². The zero-order valence-corrected chi connectivity index (χ0v) is 11.0. The largest absolute Gasteiger partial charge is 0.341 e. The molecule has 1 heterocycles. The second-order valence-electron chi connectivity index (χ2n) is 3.51. The van der Waals surface area contributed by atoms with Crippen LogP contribution in [0.5, 0.6) is 0 Å². The molecule has 2 rings (SSSR count). The lowest BCUT2D eigenvalue weighted by Crippen LogP contribution is -2.24. The van der Waals surface area contributed by atoms with Gasteiger partial charge in [-0.25, -0.2) is 9.97 Å². The van der Waals surface area contributed by atoms with E-state index >= 15 is 0 Å². The molecule has 1 aromatic carbocycles. The molecule has 2 aromatic rings. The molecule has 0 spiro atoms. The summed E-state index contributed by atoms with van der Waals surface area (Å²) in [4.78, 5) is 11.1. The van der Waals surface area contributed by atoms with Gasteiger partial charge in [0.05, 0.1) is 5.52 Å². The van der Waals surface area contributed by atoms with Crippen LogP contribution in [0.1, 0.15) is 13.8 Å². The fraction of sp³-hybridized carbons (Fsp3) is 0.333. The van der Waals surface area contributed by atoms with E-state index < -0.39 is 0 Å². The highest BCUT2D eigenvalue weighted by molar-refractivity contribution is 9.10. The van der Waals surface area contributed by atoms with E-state index in [9.17, 15) is 0 Å². The van der Waals surface area contributed by atoms with Crippen molar-refractivity contribution in [2.75, 3.05) is 18.0 Å². The van der Waals surface area contributed by atoms with Gasteiger partial charge in [0.2, 0.25) is 5.95 Å². The predicted molar refractivity (Wildman–Crippen MR) is 70.8 cm³/mol. The Bertz CT molecular complexity index is 495. The minimum atomic E-state index is 0.801. The normalized spacial score (nSPS) is 10.7. The Morgan fingerprint density at radius 1 is 1.25 bits per heavy atom. The molecule has 0 aliphatic carbocycles. The smallest absolute Gasteiger partial charge is 0.225 e. The van der Waals surface area contributed by atoms with Crippen LogP contribution in [0.25, 0.3) is 10.9 Å². The first-order chi connectivity index (χ1) is 7.76. The van der Waals surface area contributed by atoms with Crippen LogP contribution >= 0.6 is 15.9 Å². The molecule has 0 fully saturated rings. The third-order valence-corrected chi connectivity index (χ3v) is 3.30. The van der Waals surface area contributed by atoms with Crippen LogP contribution in [-0.4, -0.2) is 23.1 Å². The molecule has 0 aliphatic heterocycles. The first kappa shape index (κ1) is 11.3. The van der Waals surface area contributed by atoms with Crippen LogP contribution in [0.15, 0.2) is 28.9 Å². The van der Waals surface area contributed by atoms with Crippen LogP contribution in [0.2, 0.25) is 0 Å². The number of benzene rings is 1. The third kappa shape index (κ3) is 2.02. The van der Waals surface area contributed by atoms with Gasteiger partial charge in [-0.05, 0) is 26.0 Å². The second-order valence-corrected chi connectivity index (χ2v) is 4.37. The Morgan fingerprint density at radius 3 is 2.69 bits per heavy atom. The number of hydrogen-bond acceptors (Lipinski definition) is 3. The van der Waals surface area contributed by atoms with Crippen molar-refractivity contribution >= 4 is 32.8 Å². The van der Waals surface area contributed by atoms with E-state index in [2.05, 4.69) is 44.6 Å². The molecule has 1 aromatic heterocycles. The van der Waals surface area contributed by atoms with E-state index in [1.165, 1.54) is 0 Å². The number of halogens is 1. The molecular weight excluding hydrogens is 266 g/mol. The number of rotatable bonds is 3. The van der Waals surface area contributed by atoms with E-state index in [0.717, 1.165) is 34.4 Å². The molecule has 3 nitrogen and oxygen atoms in total. The molecule has 0 saturated carbocycles. The molecule has 84 valence electrons. The Labute approximate surface area is 104 Å². The monoisotopic (exact) mass is 279 g/mol. The molecule has 0 radical (unpaired) electrons. The standard InChI is InChI=1S/C12H14BrN3/c1-3-16(4-2)12-14-8-9-10(13)6-5-7-11(9)15-12/h5-8H,3-4H2,1-2H3. The molecule has 0 bridgehead atoms. The fourth-order valence-corrected chi connectivity index (χ4v) is 2.13. The highest BCUT2D eigenvalue weighted by Gasteiger charge is 2.07. The van der Waals surface area contributed by atoms with Gasteiger partial charge in [-0.3, -0.25) is 0 Å². The summed E-state index contributed by atoms with van der Waals surface area (Å²) in [6, 6.07) is 6.00. The lowest BCUT2D eigenvalue weighted by molar-refractivity contribution is 0.826. The Kier molecular flexibility index (Phi) is 3.39. The average Bonchev–Trinajstić information content (AvgIpc) is 2.31. The molecule has 16 heavy (non-hydrogen) atoms. The van der Waals surface area contributed by atoms with Gasteiger partial charge in [0.25, 0.3) is 0 Å². The van der Waals surface area contributed by atoms with Crippen LogP contribution in [-0.2, 0) is 0 Å². The maximum atomic E-state index is 4.56. The lowest BCUT2D eigenvalue weighted by Gasteiger charge is -2.18. The van der Waals surface area contributed by atoms with Gasteiger partial charge >= 0.3 is 0 Å². The van der Waals surface area contributed by atoms with E-state index in [4.69, 9.17) is 0 Å². The molecular formula is C12H14BrN3. The van der Waals surface area contributed by atoms with Crippen molar-refractivity contribution in [3.05, 3.63) is 28.9 Å². The van der Waals surface area contributed by atoms with Gasteiger partial charge in [0.15, 0.2) is 0 Å². The molecule has 0 amide bonds. The summed E-state index contributed by atoms with van der Waals surface area (Å²) >= 11 is 3.50. The highest BCUT2D eigenvalue weighted by Crippen LogP contribution is 2.23. The van der Waals surface area contributed by atoms with Gasteiger partial charge in [-0.1, -0.05) is 22.0 Å². The summed E-state index contributed by atoms with van der Waals surface area (Å²) in [5.41, 5.74) is 0.978. The SMILES string of the molecule is CCN(CC)c1ncc2c(Br)cccc2n1. The van der Waals surface area contributed by atoms with Crippen LogP contribution in [0.3, 0.4) is 0 Å². The number of aromatic nitrogens is 2. The third-order valence-electron chi connectivity index (χ3n) is 2.61. The first-order valence-electron chi connectivity index (χ1n) is 5.42. The Balaban J connectivity index is 2.52. The molecule has 0 N–H and O–H groups in total. The summed E-state index contributed by atoms with van der Waals surface area (Å²) in [6.07, 6.45) is 1.88. The highest BCUT2D eigenvalue weighted by atomic mass is 79.9. The number of nitrogens with zero attached hydrogens (tertiary/aromatic N) is 3. The molecule has 4 heteroatoms. The maximum Gasteiger partial charge on any atom is 0.225 e. The van der Waals surface area contributed by atoms with Gasteiger partial charge in [0.1, 0.15) is 0 Å². The average molecular weight is 280 g/mol. The van der Waals surface area contributed by atoms with Crippen molar-refractivity contribution in [1.29, 1.82) is 0 Å². The zero-order chi connectivity index (χ0) is 11.5. The summed E-state index contributed by atoms with van der Waals surface area (Å²) in [6.45, 7) is 6.07. The summed E-state index contributed by atoms with van der Waals surface area (Å²) < 4.78 is 1.04. The van der Waals surface area contributed by atoms with Crippen molar-refractivity contribution in [2.24, 2.45) is 0 Å². The first-order valence-corrected chi connectivity index (χ1v) is 6.21. The second kappa shape index (κ2) is 4.78. The minimum absolute atomic E-state index is 0.801. The van der Waals surface area contributed by atoms with Crippen LogP contribution < -0.4 is 4.90 Å². The Hall–Kier alpha value is -1.16. The van der Waals surface area contributed by atoms with Gasteiger partial charge in [-0.15, -0.1) is 0 Å². The molecule has 0 saturated heterocycles. The van der Waals surface area contributed by atoms with E-state index in [-0.39, 0.29) is 0 Å². The maximum absolute atomic E-state index is 4.56. The topological polar surface area (TPSA) is 29.0 Å². The van der Waals surface area contributed by atoms with Crippen molar-refractivity contribution < 1.29 is 0 Å².